The minimum absolute atomic E-state index is 0.0595. The zero-order valence-electron chi connectivity index (χ0n) is 11.0. The summed E-state index contributed by atoms with van der Waals surface area (Å²) in [5.74, 6) is -0.00386. The molecule has 0 bridgehead atoms. The number of rotatable bonds is 5. The van der Waals surface area contributed by atoms with Gasteiger partial charge in [0, 0.05) is 15.4 Å². The van der Waals surface area contributed by atoms with Crippen LogP contribution in [0.4, 0.5) is 4.39 Å². The third-order valence-electron chi connectivity index (χ3n) is 3.04. The minimum atomic E-state index is -0.287. The first-order valence-electron chi connectivity index (χ1n) is 6.00. The molecule has 1 aromatic heterocycles. The normalized spacial score (nSPS) is 12.4. The topological polar surface area (TPSA) is 21.3 Å². The highest BCUT2D eigenvalue weighted by molar-refractivity contribution is 9.13. The number of hydrogen-bond acceptors (Lipinski definition) is 3. The van der Waals surface area contributed by atoms with E-state index in [1.54, 1.807) is 23.5 Å². The van der Waals surface area contributed by atoms with Crippen LogP contribution in [0.25, 0.3) is 0 Å². The molecule has 20 heavy (non-hydrogen) atoms. The van der Waals surface area contributed by atoms with E-state index in [4.69, 9.17) is 4.74 Å². The Morgan fingerprint density at radius 2 is 2.15 bits per heavy atom. The van der Waals surface area contributed by atoms with Gasteiger partial charge in [0.2, 0.25) is 0 Å². The third kappa shape index (κ3) is 3.42. The van der Waals surface area contributed by atoms with Crippen molar-refractivity contribution in [1.29, 1.82) is 0 Å². The van der Waals surface area contributed by atoms with Crippen LogP contribution >= 0.6 is 43.2 Å². The maximum absolute atomic E-state index is 14.2. The van der Waals surface area contributed by atoms with Gasteiger partial charge in [-0.25, -0.2) is 4.39 Å². The van der Waals surface area contributed by atoms with Crippen molar-refractivity contribution >= 4 is 43.2 Å². The highest BCUT2D eigenvalue weighted by Gasteiger charge is 2.18. The number of halogens is 3. The lowest BCUT2D eigenvalue weighted by molar-refractivity contribution is 0.383. The number of ether oxygens (including phenoxy) is 1. The molecule has 2 aromatic rings. The highest BCUT2D eigenvalue weighted by atomic mass is 79.9. The predicted molar refractivity (Wildman–Crippen MR) is 88.2 cm³/mol. The second-order valence-electron chi connectivity index (χ2n) is 4.25. The number of benzene rings is 1. The van der Waals surface area contributed by atoms with E-state index in [-0.39, 0.29) is 17.6 Å². The third-order valence-corrected chi connectivity index (χ3v) is 6.41. The maximum atomic E-state index is 14.2. The molecule has 0 fully saturated rings. The van der Waals surface area contributed by atoms with Crippen molar-refractivity contribution in [3.8, 4) is 5.75 Å². The Kier molecular flexibility index (Phi) is 5.60. The number of methoxy groups -OCH3 is 1. The molecule has 108 valence electrons. The molecule has 2 rings (SSSR count). The molecule has 1 heterocycles. The first kappa shape index (κ1) is 15.9. The zero-order chi connectivity index (χ0) is 14.7. The van der Waals surface area contributed by atoms with Crippen molar-refractivity contribution in [1.82, 2.24) is 5.32 Å². The van der Waals surface area contributed by atoms with Gasteiger partial charge in [-0.2, -0.15) is 0 Å². The van der Waals surface area contributed by atoms with Gasteiger partial charge in [0.05, 0.1) is 10.9 Å². The second-order valence-corrected chi connectivity index (χ2v) is 7.51. The van der Waals surface area contributed by atoms with Crippen LogP contribution in [0.15, 0.2) is 32.5 Å². The summed E-state index contributed by atoms with van der Waals surface area (Å²) in [7, 11) is 3.36. The van der Waals surface area contributed by atoms with Crippen molar-refractivity contribution in [2.24, 2.45) is 0 Å². The van der Waals surface area contributed by atoms with E-state index in [1.807, 2.05) is 19.2 Å². The average molecular weight is 423 g/mol. The predicted octanol–water partition coefficient (Wildman–Crippen LogP) is 4.92. The van der Waals surface area contributed by atoms with Gasteiger partial charge < -0.3 is 10.1 Å². The van der Waals surface area contributed by atoms with Gasteiger partial charge in [0.1, 0.15) is 0 Å². The summed E-state index contributed by atoms with van der Waals surface area (Å²) in [4.78, 5) is 1.15. The molecule has 0 radical (unpaired) electrons. The van der Waals surface area contributed by atoms with E-state index < -0.39 is 0 Å². The van der Waals surface area contributed by atoms with Gasteiger partial charge in [0.15, 0.2) is 11.6 Å². The first-order valence-corrected chi connectivity index (χ1v) is 8.40. The molecule has 0 spiro atoms. The maximum Gasteiger partial charge on any atom is 0.168 e. The van der Waals surface area contributed by atoms with E-state index in [1.165, 1.54) is 7.11 Å². The molecule has 1 N–H and O–H groups in total. The fraction of sp³-hybridized carbons (Fsp3) is 0.286. The van der Waals surface area contributed by atoms with Crippen molar-refractivity contribution < 1.29 is 9.13 Å². The molecule has 1 atom stereocenters. The zero-order valence-corrected chi connectivity index (χ0v) is 15.0. The minimum Gasteiger partial charge on any atom is -0.494 e. The Labute approximate surface area is 138 Å². The standard InChI is InChI=1S/C14H14Br2FNOS/c1-18-10(12-7-9(15)14(16)20-12)6-8-4-3-5-11(19-2)13(8)17/h3-5,7,10,18H,6H2,1-2H3. The fourth-order valence-corrected chi connectivity index (χ4v) is 4.17. The van der Waals surface area contributed by atoms with E-state index in [9.17, 15) is 4.39 Å². The van der Waals surface area contributed by atoms with Crippen LogP contribution in [-0.4, -0.2) is 14.2 Å². The molecule has 1 unspecified atom stereocenters. The Morgan fingerprint density at radius 3 is 2.70 bits per heavy atom. The molecule has 1 aromatic carbocycles. The second kappa shape index (κ2) is 7.02. The molecular formula is C14H14Br2FNOS. The molecule has 2 nitrogen and oxygen atoms in total. The summed E-state index contributed by atoms with van der Waals surface area (Å²) in [6.45, 7) is 0. The SMILES string of the molecule is CNC(Cc1cccc(OC)c1F)c1cc(Br)c(Br)s1. The van der Waals surface area contributed by atoms with Gasteiger partial charge in [-0.05, 0) is 63.0 Å². The van der Waals surface area contributed by atoms with Gasteiger partial charge in [0.25, 0.3) is 0 Å². The van der Waals surface area contributed by atoms with E-state index in [0.717, 1.165) is 13.1 Å². The number of likely N-dealkylation sites (N-methyl/N-ethyl adjacent to an activating group) is 1. The van der Waals surface area contributed by atoms with Gasteiger partial charge in [-0.1, -0.05) is 12.1 Å². The Hall–Kier alpha value is -0.430. The fourth-order valence-electron chi connectivity index (χ4n) is 1.97. The highest BCUT2D eigenvalue weighted by Crippen LogP contribution is 2.36. The Balaban J connectivity index is 2.26. The molecule has 0 saturated heterocycles. The summed E-state index contributed by atoms with van der Waals surface area (Å²) in [5.41, 5.74) is 0.643. The summed E-state index contributed by atoms with van der Waals surface area (Å²) in [5, 5.41) is 3.23. The van der Waals surface area contributed by atoms with Gasteiger partial charge >= 0.3 is 0 Å². The molecule has 6 heteroatoms. The summed E-state index contributed by atoms with van der Waals surface area (Å²) in [6, 6.07) is 7.34. The Bertz CT molecular complexity index is 583. The average Bonchev–Trinajstić information content (AvgIpc) is 2.77. The Morgan fingerprint density at radius 1 is 1.40 bits per heavy atom. The van der Waals surface area contributed by atoms with Crippen molar-refractivity contribution in [3.05, 3.63) is 48.8 Å². The summed E-state index contributed by atoms with van der Waals surface area (Å²) >= 11 is 8.60. The van der Waals surface area contributed by atoms with Crippen molar-refractivity contribution in [3.63, 3.8) is 0 Å². The van der Waals surface area contributed by atoms with Crippen molar-refractivity contribution in [2.75, 3.05) is 14.2 Å². The number of thiophene rings is 1. The lowest BCUT2D eigenvalue weighted by Crippen LogP contribution is -2.18. The number of hydrogen-bond donors (Lipinski definition) is 1. The van der Waals surface area contributed by atoms with E-state index in [2.05, 4.69) is 37.2 Å². The van der Waals surface area contributed by atoms with Gasteiger partial charge in [-0.15, -0.1) is 11.3 Å². The molecule has 0 aliphatic rings. The number of nitrogens with one attached hydrogen (secondary N) is 1. The van der Waals surface area contributed by atoms with Crippen LogP contribution in [0.2, 0.25) is 0 Å². The smallest absolute Gasteiger partial charge is 0.168 e. The van der Waals surface area contributed by atoms with E-state index >= 15 is 0 Å². The van der Waals surface area contributed by atoms with Crippen LogP contribution in [0.5, 0.6) is 5.75 Å². The molecule has 0 saturated carbocycles. The summed E-state index contributed by atoms with van der Waals surface area (Å²) < 4.78 is 21.3. The monoisotopic (exact) mass is 421 g/mol. The summed E-state index contributed by atoms with van der Waals surface area (Å²) in [6.07, 6.45) is 0.568. The van der Waals surface area contributed by atoms with E-state index in [0.29, 0.717) is 12.0 Å². The van der Waals surface area contributed by atoms with Gasteiger partial charge in [-0.3, -0.25) is 0 Å². The molecule has 0 aliphatic heterocycles. The largest absolute Gasteiger partial charge is 0.494 e. The molecule has 0 amide bonds. The lowest BCUT2D eigenvalue weighted by Gasteiger charge is -2.16. The first-order chi connectivity index (χ1) is 9.56. The quantitative estimate of drug-likeness (QED) is 0.737. The van der Waals surface area contributed by atoms with Crippen LogP contribution < -0.4 is 10.1 Å². The van der Waals surface area contributed by atoms with Crippen LogP contribution in [-0.2, 0) is 6.42 Å². The van der Waals surface area contributed by atoms with Crippen LogP contribution in [0, 0.1) is 5.82 Å². The molecular weight excluding hydrogens is 409 g/mol. The lowest BCUT2D eigenvalue weighted by atomic mass is 10.0. The van der Waals surface area contributed by atoms with Crippen LogP contribution in [0.3, 0.4) is 0 Å². The molecule has 0 aliphatic carbocycles. The van der Waals surface area contributed by atoms with Crippen LogP contribution in [0.1, 0.15) is 16.5 Å². The van der Waals surface area contributed by atoms with Crippen molar-refractivity contribution in [2.45, 2.75) is 12.5 Å².